The quantitative estimate of drug-likeness (QED) is 0.362. The zero-order chi connectivity index (χ0) is 25.5. The molecule has 184 valence electrons. The van der Waals surface area contributed by atoms with Crippen molar-refractivity contribution in [3.05, 3.63) is 108 Å². The van der Waals surface area contributed by atoms with E-state index in [0.717, 1.165) is 6.92 Å². The molecular formula is C27H22O9. The van der Waals surface area contributed by atoms with Crippen molar-refractivity contribution in [3.8, 4) is 0 Å². The highest BCUT2D eigenvalue weighted by Gasteiger charge is 2.54. The van der Waals surface area contributed by atoms with Gasteiger partial charge in [-0.2, -0.15) is 0 Å². The lowest BCUT2D eigenvalue weighted by molar-refractivity contribution is -0.208. The molecule has 1 saturated heterocycles. The van der Waals surface area contributed by atoms with Gasteiger partial charge in [-0.15, -0.1) is 0 Å². The van der Waals surface area contributed by atoms with E-state index in [1.165, 1.54) is 36.4 Å². The first-order chi connectivity index (χ1) is 17.4. The summed E-state index contributed by atoms with van der Waals surface area (Å²) in [5.41, 5.74) is 0.620. The molecule has 36 heavy (non-hydrogen) atoms. The summed E-state index contributed by atoms with van der Waals surface area (Å²) in [5.74, 6) is -3.09. The Morgan fingerprint density at radius 3 is 1.22 bits per heavy atom. The number of carbonyl (C=O) groups excluding carboxylic acids is 4. The lowest BCUT2D eigenvalue weighted by Crippen LogP contribution is -2.42. The minimum absolute atomic E-state index is 0.203. The number of hydrogen-bond donors (Lipinski definition) is 0. The van der Waals surface area contributed by atoms with Crippen LogP contribution in [-0.2, 0) is 28.5 Å². The number of esters is 4. The van der Waals surface area contributed by atoms with Gasteiger partial charge in [-0.25, -0.2) is 14.4 Å². The SMILES string of the molecule is CC(=O)O[C@@H]1O[C@H](OC(=O)c2ccccc2)C(OC(=O)c2ccccc2)C1OC(=O)c1ccccc1. The third-order valence-electron chi connectivity index (χ3n) is 5.15. The molecular weight excluding hydrogens is 468 g/mol. The number of benzene rings is 3. The highest BCUT2D eigenvalue weighted by Crippen LogP contribution is 2.31. The molecule has 0 N–H and O–H groups in total. The van der Waals surface area contributed by atoms with Crippen LogP contribution in [0.5, 0.6) is 0 Å². The van der Waals surface area contributed by atoms with Gasteiger partial charge < -0.3 is 18.9 Å². The standard InChI is InChI=1S/C27H22O9/c1-17(28)32-26-21(33-23(29)18-11-5-2-6-12-18)22(34-24(30)19-13-7-3-8-14-19)27(36-26)35-25(31)20-15-9-4-10-16-20/h2-16,21-22,26-27H,1H3/t21?,22?,26-,27+/m1/s1. The second-order valence-electron chi connectivity index (χ2n) is 7.73. The molecule has 9 heteroatoms. The van der Waals surface area contributed by atoms with Crippen molar-refractivity contribution in [2.75, 3.05) is 0 Å². The van der Waals surface area contributed by atoms with Gasteiger partial charge in [0.25, 0.3) is 0 Å². The Morgan fingerprint density at radius 2 is 0.861 bits per heavy atom. The molecule has 0 aliphatic carbocycles. The molecule has 1 aliphatic heterocycles. The van der Waals surface area contributed by atoms with Gasteiger partial charge in [-0.05, 0) is 36.4 Å². The van der Waals surface area contributed by atoms with Gasteiger partial charge in [-0.1, -0.05) is 54.6 Å². The molecule has 9 nitrogen and oxygen atoms in total. The smallest absolute Gasteiger partial charge is 0.340 e. The molecule has 4 rings (SSSR count). The zero-order valence-electron chi connectivity index (χ0n) is 19.1. The summed E-state index contributed by atoms with van der Waals surface area (Å²) in [6, 6.07) is 24.2. The van der Waals surface area contributed by atoms with Crippen LogP contribution in [0.25, 0.3) is 0 Å². The van der Waals surface area contributed by atoms with E-state index < -0.39 is 48.7 Å². The van der Waals surface area contributed by atoms with Crippen LogP contribution in [0.4, 0.5) is 0 Å². The second kappa shape index (κ2) is 11.3. The van der Waals surface area contributed by atoms with E-state index >= 15 is 0 Å². The normalized spacial score (nSPS) is 20.7. The largest absolute Gasteiger partial charge is 0.448 e. The highest BCUT2D eigenvalue weighted by atomic mass is 16.8. The predicted molar refractivity (Wildman–Crippen MR) is 124 cm³/mol. The third-order valence-corrected chi connectivity index (χ3v) is 5.15. The summed E-state index contributed by atoms with van der Waals surface area (Å²) >= 11 is 0. The molecule has 1 heterocycles. The van der Waals surface area contributed by atoms with Crippen LogP contribution >= 0.6 is 0 Å². The summed E-state index contributed by atoms with van der Waals surface area (Å²) in [6.45, 7) is 1.13. The monoisotopic (exact) mass is 490 g/mol. The number of hydrogen-bond acceptors (Lipinski definition) is 9. The first-order valence-corrected chi connectivity index (χ1v) is 11.0. The zero-order valence-corrected chi connectivity index (χ0v) is 19.1. The number of carbonyl (C=O) groups is 4. The van der Waals surface area contributed by atoms with Crippen molar-refractivity contribution < 1.29 is 42.9 Å². The maximum absolute atomic E-state index is 12.9. The van der Waals surface area contributed by atoms with Gasteiger partial charge in [0.05, 0.1) is 16.7 Å². The summed E-state index contributed by atoms with van der Waals surface area (Å²) in [7, 11) is 0. The van der Waals surface area contributed by atoms with Crippen molar-refractivity contribution in [1.82, 2.24) is 0 Å². The predicted octanol–water partition coefficient (Wildman–Crippen LogP) is 3.54. The van der Waals surface area contributed by atoms with E-state index in [-0.39, 0.29) is 16.7 Å². The van der Waals surface area contributed by atoms with Gasteiger partial charge in [-0.3, -0.25) is 9.53 Å². The summed E-state index contributed by atoms with van der Waals surface area (Å²) < 4.78 is 27.4. The van der Waals surface area contributed by atoms with Gasteiger partial charge in [0, 0.05) is 6.92 Å². The first-order valence-electron chi connectivity index (χ1n) is 11.0. The minimum Gasteiger partial charge on any atom is -0.448 e. The van der Waals surface area contributed by atoms with Crippen molar-refractivity contribution >= 4 is 23.9 Å². The average Bonchev–Trinajstić information content (AvgIpc) is 3.19. The topological polar surface area (TPSA) is 114 Å². The lowest BCUT2D eigenvalue weighted by Gasteiger charge is -2.23. The van der Waals surface area contributed by atoms with Crippen LogP contribution in [0.2, 0.25) is 0 Å². The minimum atomic E-state index is -1.54. The molecule has 3 aromatic carbocycles. The van der Waals surface area contributed by atoms with Crippen LogP contribution < -0.4 is 0 Å². The van der Waals surface area contributed by atoms with Crippen LogP contribution in [0, 0.1) is 0 Å². The Hall–Kier alpha value is -4.50. The first kappa shape index (κ1) is 24.6. The maximum Gasteiger partial charge on any atom is 0.340 e. The van der Waals surface area contributed by atoms with E-state index in [1.54, 1.807) is 54.6 Å². The van der Waals surface area contributed by atoms with Crippen molar-refractivity contribution in [3.63, 3.8) is 0 Å². The van der Waals surface area contributed by atoms with Gasteiger partial charge >= 0.3 is 23.9 Å². The van der Waals surface area contributed by atoms with Crippen LogP contribution in [0.3, 0.4) is 0 Å². The fraction of sp³-hybridized carbons (Fsp3) is 0.185. The molecule has 2 unspecified atom stereocenters. The van der Waals surface area contributed by atoms with Gasteiger partial charge in [0.2, 0.25) is 24.8 Å². The summed E-state index contributed by atoms with van der Waals surface area (Å²) in [4.78, 5) is 50.1. The Morgan fingerprint density at radius 1 is 0.528 bits per heavy atom. The van der Waals surface area contributed by atoms with Crippen molar-refractivity contribution in [2.45, 2.75) is 31.7 Å². The Bertz CT molecular complexity index is 1210. The molecule has 0 amide bonds. The molecule has 1 aliphatic rings. The highest BCUT2D eigenvalue weighted by molar-refractivity contribution is 5.91. The van der Waals surface area contributed by atoms with Crippen LogP contribution in [0.15, 0.2) is 91.0 Å². The van der Waals surface area contributed by atoms with Crippen molar-refractivity contribution in [1.29, 1.82) is 0 Å². The van der Waals surface area contributed by atoms with E-state index in [2.05, 4.69) is 0 Å². The third kappa shape index (κ3) is 5.94. The maximum atomic E-state index is 12.9. The molecule has 4 atom stereocenters. The summed E-state index contributed by atoms with van der Waals surface area (Å²) in [5, 5.41) is 0. The Balaban J connectivity index is 1.63. The van der Waals surface area contributed by atoms with E-state index in [4.69, 9.17) is 23.7 Å². The summed E-state index contributed by atoms with van der Waals surface area (Å²) in [6.07, 6.45) is -5.91. The lowest BCUT2D eigenvalue weighted by atomic mass is 10.2. The van der Waals surface area contributed by atoms with Gasteiger partial charge in [0.1, 0.15) is 0 Å². The number of ether oxygens (including phenoxy) is 5. The Kier molecular flexibility index (Phi) is 7.72. The molecule has 0 radical (unpaired) electrons. The van der Waals surface area contributed by atoms with E-state index in [0.29, 0.717) is 0 Å². The van der Waals surface area contributed by atoms with Gasteiger partial charge in [0.15, 0.2) is 0 Å². The molecule has 1 fully saturated rings. The number of rotatable bonds is 7. The van der Waals surface area contributed by atoms with Crippen LogP contribution in [-0.4, -0.2) is 48.7 Å². The van der Waals surface area contributed by atoms with Crippen molar-refractivity contribution in [2.24, 2.45) is 0 Å². The van der Waals surface area contributed by atoms with E-state index in [9.17, 15) is 19.2 Å². The molecule has 0 saturated carbocycles. The van der Waals surface area contributed by atoms with E-state index in [1.807, 2.05) is 0 Å². The second-order valence-corrected chi connectivity index (χ2v) is 7.73. The fourth-order valence-electron chi connectivity index (χ4n) is 3.47. The molecule has 0 bridgehead atoms. The Labute approximate surface area is 206 Å². The van der Waals surface area contributed by atoms with Crippen LogP contribution in [0.1, 0.15) is 38.0 Å². The molecule has 3 aromatic rings. The fourth-order valence-corrected chi connectivity index (χ4v) is 3.47. The molecule has 0 spiro atoms. The average molecular weight is 490 g/mol. The molecule has 0 aromatic heterocycles.